The van der Waals surface area contributed by atoms with Crippen molar-refractivity contribution < 1.29 is 9.53 Å². The van der Waals surface area contributed by atoms with Crippen LogP contribution in [-0.2, 0) is 9.53 Å². The molecule has 2 atom stereocenters. The summed E-state index contributed by atoms with van der Waals surface area (Å²) in [4.78, 5) is 13.0. The number of amides is 1. The molecule has 2 aliphatic rings. The Balaban J connectivity index is 2.05. The van der Waals surface area contributed by atoms with Crippen LogP contribution < -0.4 is 0 Å². The van der Waals surface area contributed by atoms with Gasteiger partial charge in [-0.05, 0) is 25.2 Å². The minimum absolute atomic E-state index is 0.00206. The summed E-state index contributed by atoms with van der Waals surface area (Å²) in [5.74, 6) is 0.867. The number of morpholine rings is 1. The predicted molar refractivity (Wildman–Crippen MR) is 49.3 cm³/mol. The van der Waals surface area contributed by atoms with Crippen molar-refractivity contribution in [1.82, 2.24) is 4.90 Å². The first-order valence-corrected chi connectivity index (χ1v) is 4.99. The predicted octanol–water partition coefficient (Wildman–Crippen LogP) is 1.03. The summed E-state index contributed by atoms with van der Waals surface area (Å²) >= 11 is 0. The Morgan fingerprint density at radius 2 is 2.38 bits per heavy atom. The fraction of sp³-hybridized carbons (Fsp3) is 0.900. The highest BCUT2D eigenvalue weighted by atomic mass is 16.5. The van der Waals surface area contributed by atoms with E-state index in [9.17, 15) is 4.79 Å². The summed E-state index contributed by atoms with van der Waals surface area (Å²) in [7, 11) is 1.87. The summed E-state index contributed by atoms with van der Waals surface area (Å²) in [5.41, 5.74) is 0.00206. The monoisotopic (exact) mass is 183 g/mol. The molecule has 3 nitrogen and oxygen atoms in total. The Morgan fingerprint density at radius 1 is 1.62 bits per heavy atom. The minimum Gasteiger partial charge on any atom is -0.363 e. The van der Waals surface area contributed by atoms with Gasteiger partial charge in [0, 0.05) is 13.6 Å². The van der Waals surface area contributed by atoms with E-state index >= 15 is 0 Å². The first kappa shape index (κ1) is 9.00. The molecule has 2 unspecified atom stereocenters. The third kappa shape index (κ3) is 1.57. The van der Waals surface area contributed by atoms with E-state index in [-0.39, 0.29) is 18.1 Å². The molecular formula is C10H17NO2. The molecule has 1 spiro atoms. The number of ether oxygens (including phenoxy) is 1. The van der Waals surface area contributed by atoms with Crippen molar-refractivity contribution in [3.63, 3.8) is 0 Å². The summed E-state index contributed by atoms with van der Waals surface area (Å²) in [6, 6.07) is 0. The van der Waals surface area contributed by atoms with E-state index in [1.165, 1.54) is 6.42 Å². The van der Waals surface area contributed by atoms with Gasteiger partial charge < -0.3 is 9.64 Å². The average Bonchev–Trinajstić information content (AvgIpc) is 2.42. The van der Waals surface area contributed by atoms with Crippen LogP contribution in [0.15, 0.2) is 0 Å². The zero-order valence-electron chi connectivity index (χ0n) is 8.38. The standard InChI is InChI=1S/C10H17NO2/c1-8-3-4-10(5-8)7-11(2)9(12)6-13-10/h8H,3-7H2,1-2H3. The van der Waals surface area contributed by atoms with E-state index in [0.717, 1.165) is 25.3 Å². The second-order valence-corrected chi connectivity index (χ2v) is 4.57. The van der Waals surface area contributed by atoms with Crippen molar-refractivity contribution in [3.8, 4) is 0 Å². The lowest BCUT2D eigenvalue weighted by Gasteiger charge is -2.38. The van der Waals surface area contributed by atoms with Gasteiger partial charge in [-0.2, -0.15) is 0 Å². The van der Waals surface area contributed by atoms with E-state index in [0.29, 0.717) is 0 Å². The van der Waals surface area contributed by atoms with Crippen LogP contribution in [-0.4, -0.2) is 36.6 Å². The molecule has 1 aliphatic heterocycles. The highest BCUT2D eigenvalue weighted by Gasteiger charge is 2.43. The molecule has 13 heavy (non-hydrogen) atoms. The average molecular weight is 183 g/mol. The van der Waals surface area contributed by atoms with E-state index in [1.807, 2.05) is 11.9 Å². The van der Waals surface area contributed by atoms with Crippen molar-refractivity contribution in [2.75, 3.05) is 20.2 Å². The highest BCUT2D eigenvalue weighted by Crippen LogP contribution is 2.39. The van der Waals surface area contributed by atoms with E-state index in [1.54, 1.807) is 0 Å². The summed E-state index contributed by atoms with van der Waals surface area (Å²) in [6.07, 6.45) is 3.47. The molecule has 0 N–H and O–H groups in total. The van der Waals surface area contributed by atoms with Crippen LogP contribution in [0, 0.1) is 5.92 Å². The van der Waals surface area contributed by atoms with Gasteiger partial charge in [0.2, 0.25) is 5.91 Å². The molecule has 2 rings (SSSR count). The SMILES string of the molecule is CC1CCC2(C1)CN(C)C(=O)CO2. The molecule has 1 amide bonds. The molecular weight excluding hydrogens is 166 g/mol. The molecule has 3 heteroatoms. The van der Waals surface area contributed by atoms with Gasteiger partial charge in [0.1, 0.15) is 6.61 Å². The second kappa shape index (κ2) is 2.98. The third-order valence-corrected chi connectivity index (χ3v) is 3.27. The van der Waals surface area contributed by atoms with Crippen LogP contribution >= 0.6 is 0 Å². The van der Waals surface area contributed by atoms with E-state index in [4.69, 9.17) is 4.74 Å². The number of carbonyl (C=O) groups excluding carboxylic acids is 1. The second-order valence-electron chi connectivity index (χ2n) is 4.57. The van der Waals surface area contributed by atoms with Gasteiger partial charge in [-0.1, -0.05) is 6.92 Å². The highest BCUT2D eigenvalue weighted by molar-refractivity contribution is 5.78. The van der Waals surface area contributed by atoms with E-state index < -0.39 is 0 Å². The molecule has 0 radical (unpaired) electrons. The summed E-state index contributed by atoms with van der Waals surface area (Å²) < 4.78 is 5.69. The van der Waals surface area contributed by atoms with Crippen molar-refractivity contribution >= 4 is 5.91 Å². The topological polar surface area (TPSA) is 29.5 Å². The van der Waals surface area contributed by atoms with Crippen molar-refractivity contribution in [1.29, 1.82) is 0 Å². The van der Waals surface area contributed by atoms with Gasteiger partial charge >= 0.3 is 0 Å². The Labute approximate surface area is 79.0 Å². The quantitative estimate of drug-likeness (QED) is 0.561. The number of likely N-dealkylation sites (N-methyl/N-ethyl adjacent to an activating group) is 1. The van der Waals surface area contributed by atoms with Crippen molar-refractivity contribution in [2.24, 2.45) is 5.92 Å². The number of nitrogens with zero attached hydrogens (tertiary/aromatic N) is 1. The van der Waals surface area contributed by atoms with Gasteiger partial charge in [-0.25, -0.2) is 0 Å². The molecule has 1 aliphatic carbocycles. The molecule has 0 bridgehead atoms. The van der Waals surface area contributed by atoms with Gasteiger partial charge in [0.05, 0.1) is 5.60 Å². The number of hydrogen-bond donors (Lipinski definition) is 0. The fourth-order valence-electron chi connectivity index (χ4n) is 2.51. The maximum atomic E-state index is 11.2. The minimum atomic E-state index is 0.00206. The zero-order valence-corrected chi connectivity index (χ0v) is 8.38. The molecule has 0 aromatic heterocycles. The van der Waals surface area contributed by atoms with Crippen LogP contribution in [0.25, 0.3) is 0 Å². The Bertz CT molecular complexity index is 229. The molecule has 1 heterocycles. The van der Waals surface area contributed by atoms with Crippen LogP contribution in [0.1, 0.15) is 26.2 Å². The summed E-state index contributed by atoms with van der Waals surface area (Å²) in [6.45, 7) is 3.33. The Hall–Kier alpha value is -0.570. The molecule has 1 saturated carbocycles. The van der Waals surface area contributed by atoms with Crippen LogP contribution in [0.4, 0.5) is 0 Å². The molecule has 2 fully saturated rings. The van der Waals surface area contributed by atoms with Gasteiger partial charge in [0.15, 0.2) is 0 Å². The number of hydrogen-bond acceptors (Lipinski definition) is 2. The molecule has 74 valence electrons. The summed E-state index contributed by atoms with van der Waals surface area (Å²) in [5, 5.41) is 0. The normalized spacial score (nSPS) is 40.3. The van der Waals surface area contributed by atoms with Crippen molar-refractivity contribution in [2.45, 2.75) is 31.8 Å². The smallest absolute Gasteiger partial charge is 0.248 e. The Morgan fingerprint density at radius 3 is 2.92 bits per heavy atom. The van der Waals surface area contributed by atoms with Gasteiger partial charge in [0.25, 0.3) is 0 Å². The molecule has 1 saturated heterocycles. The van der Waals surface area contributed by atoms with Crippen LogP contribution in [0.3, 0.4) is 0 Å². The molecule has 0 aromatic rings. The molecule has 0 aromatic carbocycles. The largest absolute Gasteiger partial charge is 0.363 e. The van der Waals surface area contributed by atoms with Crippen LogP contribution in [0.2, 0.25) is 0 Å². The van der Waals surface area contributed by atoms with Gasteiger partial charge in [-0.15, -0.1) is 0 Å². The number of rotatable bonds is 0. The van der Waals surface area contributed by atoms with Crippen molar-refractivity contribution in [3.05, 3.63) is 0 Å². The lowest BCUT2D eigenvalue weighted by atomic mass is 9.98. The zero-order chi connectivity index (χ0) is 9.47. The van der Waals surface area contributed by atoms with Crippen LogP contribution in [0.5, 0.6) is 0 Å². The first-order valence-electron chi connectivity index (χ1n) is 4.99. The lowest BCUT2D eigenvalue weighted by molar-refractivity contribution is -0.160. The Kier molecular flexibility index (Phi) is 2.06. The maximum absolute atomic E-state index is 11.2. The van der Waals surface area contributed by atoms with Gasteiger partial charge in [-0.3, -0.25) is 4.79 Å². The maximum Gasteiger partial charge on any atom is 0.248 e. The lowest BCUT2D eigenvalue weighted by Crippen LogP contribution is -2.51. The number of carbonyl (C=O) groups is 1. The first-order chi connectivity index (χ1) is 6.11. The van der Waals surface area contributed by atoms with E-state index in [2.05, 4.69) is 6.92 Å². The third-order valence-electron chi connectivity index (χ3n) is 3.27. The fourth-order valence-corrected chi connectivity index (χ4v) is 2.51.